The summed E-state index contributed by atoms with van der Waals surface area (Å²) in [7, 11) is 0. The van der Waals surface area contributed by atoms with Crippen molar-refractivity contribution in [3.8, 4) is 0 Å². The van der Waals surface area contributed by atoms with Gasteiger partial charge in [0.2, 0.25) is 5.91 Å². The summed E-state index contributed by atoms with van der Waals surface area (Å²) in [5, 5.41) is 0.404. The number of carbonyl (C=O) groups is 1. The Labute approximate surface area is 120 Å². The molecule has 6 heteroatoms. The molecule has 0 aliphatic carbocycles. The number of alkyl halides is 3. The summed E-state index contributed by atoms with van der Waals surface area (Å²) in [6.07, 6.45) is -3.36. The van der Waals surface area contributed by atoms with Crippen molar-refractivity contribution in [2.24, 2.45) is 0 Å². The fraction of sp³-hybridized carbons (Fsp3) is 0.500. The maximum atomic E-state index is 12.9. The van der Waals surface area contributed by atoms with E-state index in [9.17, 15) is 18.0 Å². The third-order valence-corrected chi connectivity index (χ3v) is 3.87. The van der Waals surface area contributed by atoms with Crippen LogP contribution in [0.2, 0.25) is 5.02 Å². The molecular formula is C14H15ClF3NO. The van der Waals surface area contributed by atoms with Gasteiger partial charge in [0.15, 0.2) is 0 Å². The summed E-state index contributed by atoms with van der Waals surface area (Å²) in [4.78, 5) is 13.1. The second kappa shape index (κ2) is 6.04. The zero-order valence-electron chi connectivity index (χ0n) is 10.8. The number of rotatable bonds is 2. The van der Waals surface area contributed by atoms with Gasteiger partial charge in [0, 0.05) is 11.6 Å². The lowest BCUT2D eigenvalue weighted by atomic mass is 10.0. The molecule has 0 radical (unpaired) electrons. The van der Waals surface area contributed by atoms with Crippen LogP contribution in [0.15, 0.2) is 24.3 Å². The number of likely N-dealkylation sites (tertiary alicyclic amines) is 1. The zero-order chi connectivity index (χ0) is 14.8. The van der Waals surface area contributed by atoms with Gasteiger partial charge in [0.1, 0.15) is 6.04 Å². The first-order chi connectivity index (χ1) is 9.39. The van der Waals surface area contributed by atoms with Crippen molar-refractivity contribution in [1.82, 2.24) is 4.90 Å². The van der Waals surface area contributed by atoms with Crippen LogP contribution in [0, 0.1) is 0 Å². The number of hydrogen-bond acceptors (Lipinski definition) is 1. The highest BCUT2D eigenvalue weighted by Crippen LogP contribution is 2.32. The van der Waals surface area contributed by atoms with Crippen LogP contribution in [-0.4, -0.2) is 29.6 Å². The van der Waals surface area contributed by atoms with Gasteiger partial charge in [-0.3, -0.25) is 4.79 Å². The van der Waals surface area contributed by atoms with E-state index in [2.05, 4.69) is 0 Å². The quantitative estimate of drug-likeness (QED) is 0.813. The molecule has 0 N–H and O–H groups in total. The first-order valence-electron chi connectivity index (χ1n) is 6.49. The molecule has 1 atom stereocenters. The molecule has 1 aliphatic heterocycles. The first-order valence-corrected chi connectivity index (χ1v) is 6.87. The summed E-state index contributed by atoms with van der Waals surface area (Å²) in [5.41, 5.74) is 0.561. The number of hydrogen-bond donors (Lipinski definition) is 0. The average molecular weight is 306 g/mol. The van der Waals surface area contributed by atoms with E-state index in [-0.39, 0.29) is 19.4 Å². The Bertz CT molecular complexity index is 490. The summed E-state index contributed by atoms with van der Waals surface area (Å²) in [5.74, 6) is -0.514. The predicted molar refractivity (Wildman–Crippen MR) is 70.6 cm³/mol. The van der Waals surface area contributed by atoms with Crippen LogP contribution in [0.1, 0.15) is 24.8 Å². The molecule has 1 aromatic rings. The lowest BCUT2D eigenvalue weighted by Crippen LogP contribution is -2.51. The van der Waals surface area contributed by atoms with Crippen LogP contribution in [0.3, 0.4) is 0 Å². The summed E-state index contributed by atoms with van der Waals surface area (Å²) in [6, 6.07) is 5.06. The summed E-state index contributed by atoms with van der Waals surface area (Å²) >= 11 is 5.94. The van der Waals surface area contributed by atoms with E-state index in [1.165, 1.54) is 0 Å². The largest absolute Gasteiger partial charge is 0.408 e. The van der Waals surface area contributed by atoms with Crippen LogP contribution in [0.4, 0.5) is 13.2 Å². The van der Waals surface area contributed by atoms with Crippen LogP contribution in [-0.2, 0) is 11.2 Å². The number of carbonyl (C=O) groups excluding carboxylic acids is 1. The Morgan fingerprint density at radius 1 is 1.30 bits per heavy atom. The molecule has 1 saturated heterocycles. The van der Waals surface area contributed by atoms with Gasteiger partial charge in [-0.15, -0.1) is 0 Å². The van der Waals surface area contributed by atoms with Gasteiger partial charge < -0.3 is 4.90 Å². The Kier molecular flexibility index (Phi) is 4.58. The molecule has 2 nitrogen and oxygen atoms in total. The number of benzene rings is 1. The fourth-order valence-electron chi connectivity index (χ4n) is 2.48. The van der Waals surface area contributed by atoms with Gasteiger partial charge in [0.05, 0.1) is 6.42 Å². The van der Waals surface area contributed by atoms with Crippen molar-refractivity contribution in [3.05, 3.63) is 34.9 Å². The molecule has 0 spiro atoms. The van der Waals surface area contributed by atoms with Crippen molar-refractivity contribution >= 4 is 17.5 Å². The molecule has 1 amide bonds. The van der Waals surface area contributed by atoms with Gasteiger partial charge in [-0.05, 0) is 30.9 Å². The monoisotopic (exact) mass is 305 g/mol. The van der Waals surface area contributed by atoms with E-state index < -0.39 is 18.1 Å². The highest BCUT2D eigenvalue weighted by atomic mass is 35.5. The molecule has 0 saturated carbocycles. The van der Waals surface area contributed by atoms with Crippen molar-refractivity contribution in [3.63, 3.8) is 0 Å². The van der Waals surface area contributed by atoms with Crippen LogP contribution in [0.5, 0.6) is 0 Å². The normalized spacial score (nSPS) is 20.0. The second-order valence-corrected chi connectivity index (χ2v) is 5.32. The predicted octanol–water partition coefficient (Wildman–Crippen LogP) is 3.83. The Morgan fingerprint density at radius 3 is 2.65 bits per heavy atom. The standard InChI is InChI=1S/C14H15ClF3NO/c15-11-6-2-1-5-10(11)9-13(20)19-8-4-3-7-12(19)14(16,17)18/h1-2,5-6,12H,3-4,7-9H2. The molecule has 1 aromatic carbocycles. The third kappa shape index (κ3) is 3.45. The highest BCUT2D eigenvalue weighted by molar-refractivity contribution is 6.31. The van der Waals surface area contributed by atoms with E-state index in [1.54, 1.807) is 24.3 Å². The molecule has 2 rings (SSSR count). The van der Waals surface area contributed by atoms with E-state index in [4.69, 9.17) is 11.6 Å². The minimum absolute atomic E-state index is 0.0161. The number of nitrogens with zero attached hydrogens (tertiary/aromatic N) is 1. The van der Waals surface area contributed by atoms with Crippen molar-refractivity contribution in [2.45, 2.75) is 37.9 Å². The lowest BCUT2D eigenvalue weighted by molar-refractivity contribution is -0.195. The summed E-state index contributed by atoms with van der Waals surface area (Å²) in [6.45, 7) is 0.160. The fourth-order valence-corrected chi connectivity index (χ4v) is 2.68. The molecule has 110 valence electrons. The zero-order valence-corrected chi connectivity index (χ0v) is 11.5. The molecule has 1 aliphatic rings. The molecule has 0 bridgehead atoms. The van der Waals surface area contributed by atoms with E-state index in [1.807, 2.05) is 0 Å². The highest BCUT2D eigenvalue weighted by Gasteiger charge is 2.46. The molecular weight excluding hydrogens is 291 g/mol. The van der Waals surface area contributed by atoms with Crippen molar-refractivity contribution in [2.75, 3.05) is 6.54 Å². The second-order valence-electron chi connectivity index (χ2n) is 4.91. The van der Waals surface area contributed by atoms with E-state index in [0.29, 0.717) is 23.4 Å². The van der Waals surface area contributed by atoms with Gasteiger partial charge >= 0.3 is 6.18 Å². The van der Waals surface area contributed by atoms with Gasteiger partial charge in [-0.25, -0.2) is 0 Å². The van der Waals surface area contributed by atoms with Gasteiger partial charge in [0.25, 0.3) is 0 Å². The topological polar surface area (TPSA) is 20.3 Å². The Morgan fingerprint density at radius 2 is 2.00 bits per heavy atom. The van der Waals surface area contributed by atoms with Crippen LogP contribution < -0.4 is 0 Å². The van der Waals surface area contributed by atoms with Gasteiger partial charge in [-0.1, -0.05) is 29.8 Å². The Balaban J connectivity index is 2.13. The molecule has 1 heterocycles. The third-order valence-electron chi connectivity index (χ3n) is 3.50. The summed E-state index contributed by atoms with van der Waals surface area (Å²) < 4.78 is 38.8. The van der Waals surface area contributed by atoms with Crippen molar-refractivity contribution in [1.29, 1.82) is 0 Å². The van der Waals surface area contributed by atoms with Crippen LogP contribution >= 0.6 is 11.6 Å². The average Bonchev–Trinajstić information content (AvgIpc) is 2.40. The minimum Gasteiger partial charge on any atom is -0.330 e. The van der Waals surface area contributed by atoms with Crippen LogP contribution in [0.25, 0.3) is 0 Å². The molecule has 0 aromatic heterocycles. The number of amides is 1. The van der Waals surface area contributed by atoms with E-state index in [0.717, 1.165) is 4.90 Å². The maximum Gasteiger partial charge on any atom is 0.408 e. The van der Waals surface area contributed by atoms with Gasteiger partial charge in [-0.2, -0.15) is 13.2 Å². The number of halogens is 4. The first kappa shape index (κ1) is 15.2. The molecule has 1 unspecified atom stereocenters. The Hall–Kier alpha value is -1.23. The maximum absolute atomic E-state index is 12.9. The molecule has 20 heavy (non-hydrogen) atoms. The minimum atomic E-state index is -4.36. The van der Waals surface area contributed by atoms with E-state index >= 15 is 0 Å². The number of piperidine rings is 1. The van der Waals surface area contributed by atoms with Crippen molar-refractivity contribution < 1.29 is 18.0 Å². The lowest BCUT2D eigenvalue weighted by Gasteiger charge is -2.36. The molecule has 1 fully saturated rings. The SMILES string of the molecule is O=C(Cc1ccccc1Cl)N1CCCCC1C(F)(F)F. The smallest absolute Gasteiger partial charge is 0.330 e.